The molecule has 3 aromatic rings. The lowest BCUT2D eigenvalue weighted by Gasteiger charge is -2.40. The van der Waals surface area contributed by atoms with Gasteiger partial charge in [-0.25, -0.2) is 0 Å². The fraction of sp³-hybridized carbons (Fsp3) is 0.400. The van der Waals surface area contributed by atoms with Gasteiger partial charge < -0.3 is 9.84 Å². The minimum absolute atomic E-state index is 0. The van der Waals surface area contributed by atoms with Gasteiger partial charge in [-0.05, 0) is 41.2 Å². The first-order valence-corrected chi connectivity index (χ1v) is 12.5. The van der Waals surface area contributed by atoms with E-state index < -0.39 is 6.10 Å². The van der Waals surface area contributed by atoms with E-state index in [1.54, 1.807) is 0 Å². The van der Waals surface area contributed by atoms with Gasteiger partial charge in [-0.3, -0.25) is 9.80 Å². The Labute approximate surface area is 229 Å². The first kappa shape index (κ1) is 30.1. The molecule has 1 unspecified atom stereocenters. The van der Waals surface area contributed by atoms with Crippen molar-refractivity contribution in [2.24, 2.45) is 0 Å². The molecule has 196 valence electrons. The summed E-state index contributed by atoms with van der Waals surface area (Å²) >= 11 is 0. The molecule has 1 atom stereocenters. The number of aryl methyl sites for hydroxylation is 1. The maximum atomic E-state index is 10.7. The zero-order chi connectivity index (χ0) is 23.9. The molecule has 6 heteroatoms. The summed E-state index contributed by atoms with van der Waals surface area (Å²) in [5, 5.41) is 10.7. The number of aliphatic hydroxyl groups excluding tert-OH is 1. The minimum atomic E-state index is -0.508. The predicted molar refractivity (Wildman–Crippen MR) is 154 cm³/mol. The van der Waals surface area contributed by atoms with Crippen molar-refractivity contribution < 1.29 is 9.84 Å². The number of benzene rings is 3. The second-order valence-corrected chi connectivity index (χ2v) is 9.72. The van der Waals surface area contributed by atoms with Crippen molar-refractivity contribution in [3.05, 3.63) is 101 Å². The van der Waals surface area contributed by atoms with E-state index in [9.17, 15) is 5.11 Å². The van der Waals surface area contributed by atoms with Crippen LogP contribution in [0.5, 0.6) is 5.75 Å². The van der Waals surface area contributed by atoms with Gasteiger partial charge in [0, 0.05) is 32.7 Å². The van der Waals surface area contributed by atoms with Gasteiger partial charge in [0.05, 0.1) is 6.04 Å². The smallest absolute Gasteiger partial charge is 0.123 e. The van der Waals surface area contributed by atoms with E-state index in [0.717, 1.165) is 31.9 Å². The number of aliphatic hydroxyl groups is 1. The van der Waals surface area contributed by atoms with Crippen molar-refractivity contribution in [2.75, 3.05) is 39.3 Å². The minimum Gasteiger partial charge on any atom is -0.491 e. The molecule has 4 nitrogen and oxygen atoms in total. The van der Waals surface area contributed by atoms with E-state index in [-0.39, 0.29) is 30.9 Å². The summed E-state index contributed by atoms with van der Waals surface area (Å²) in [6, 6.07) is 28.1. The van der Waals surface area contributed by atoms with Crippen LogP contribution in [0.1, 0.15) is 48.1 Å². The third-order valence-corrected chi connectivity index (χ3v) is 6.69. The van der Waals surface area contributed by atoms with Gasteiger partial charge in [-0.1, -0.05) is 86.6 Å². The van der Waals surface area contributed by atoms with Gasteiger partial charge in [0.1, 0.15) is 18.5 Å². The van der Waals surface area contributed by atoms with Crippen LogP contribution in [-0.4, -0.2) is 60.3 Å². The number of nitrogens with zero attached hydrogens (tertiary/aromatic N) is 2. The van der Waals surface area contributed by atoms with Crippen LogP contribution in [0.2, 0.25) is 0 Å². The molecule has 0 bridgehead atoms. The molecule has 1 heterocycles. The number of rotatable bonds is 9. The third-order valence-electron chi connectivity index (χ3n) is 6.69. The summed E-state index contributed by atoms with van der Waals surface area (Å²) in [5.41, 5.74) is 5.03. The molecular formula is C30H40Cl2N2O2. The van der Waals surface area contributed by atoms with Gasteiger partial charge in [0.2, 0.25) is 0 Å². The average molecular weight is 532 g/mol. The highest BCUT2D eigenvalue weighted by molar-refractivity contribution is 5.85. The Balaban J connectivity index is 0.00000228. The zero-order valence-corrected chi connectivity index (χ0v) is 23.2. The van der Waals surface area contributed by atoms with Crippen molar-refractivity contribution in [2.45, 2.75) is 38.8 Å². The van der Waals surface area contributed by atoms with Gasteiger partial charge in [0.15, 0.2) is 0 Å². The van der Waals surface area contributed by atoms with E-state index in [1.165, 1.54) is 22.3 Å². The van der Waals surface area contributed by atoms with Crippen molar-refractivity contribution in [3.8, 4) is 5.75 Å². The van der Waals surface area contributed by atoms with Gasteiger partial charge >= 0.3 is 0 Å². The molecule has 1 aliphatic heterocycles. The van der Waals surface area contributed by atoms with Crippen LogP contribution < -0.4 is 4.74 Å². The van der Waals surface area contributed by atoms with Gasteiger partial charge in [0.25, 0.3) is 0 Å². The molecule has 1 N–H and O–H groups in total. The van der Waals surface area contributed by atoms with E-state index >= 15 is 0 Å². The van der Waals surface area contributed by atoms with Gasteiger partial charge in [-0.2, -0.15) is 0 Å². The summed E-state index contributed by atoms with van der Waals surface area (Å²) in [5.74, 6) is 1.29. The fourth-order valence-electron chi connectivity index (χ4n) is 4.87. The Kier molecular flexibility index (Phi) is 12.2. The lowest BCUT2D eigenvalue weighted by molar-refractivity contribution is 0.0398. The molecule has 4 rings (SSSR count). The molecule has 1 saturated heterocycles. The zero-order valence-electron chi connectivity index (χ0n) is 21.5. The number of hydrogen-bond donors (Lipinski definition) is 1. The molecule has 3 aromatic carbocycles. The monoisotopic (exact) mass is 530 g/mol. The first-order chi connectivity index (χ1) is 16.5. The molecular weight excluding hydrogens is 491 g/mol. The summed E-state index contributed by atoms with van der Waals surface area (Å²) in [6.07, 6.45) is -0.508. The number of ether oxygens (including phenoxy) is 1. The highest BCUT2D eigenvalue weighted by Gasteiger charge is 2.27. The Morgan fingerprint density at radius 1 is 0.806 bits per heavy atom. The molecule has 0 aromatic heterocycles. The van der Waals surface area contributed by atoms with Crippen molar-refractivity contribution in [1.29, 1.82) is 0 Å². The maximum Gasteiger partial charge on any atom is 0.123 e. The number of β-amino-alcohol motifs (C(OH)–C–C–N with tert-alkyl or cyclic N) is 1. The second kappa shape index (κ2) is 14.6. The highest BCUT2D eigenvalue weighted by Crippen LogP contribution is 2.30. The number of piperazine rings is 1. The quantitative estimate of drug-likeness (QED) is 0.362. The predicted octanol–water partition coefficient (Wildman–Crippen LogP) is 6.11. The lowest BCUT2D eigenvalue weighted by Crippen LogP contribution is -2.50. The van der Waals surface area contributed by atoms with Crippen LogP contribution in [0.25, 0.3) is 0 Å². The van der Waals surface area contributed by atoms with Crippen LogP contribution in [0.3, 0.4) is 0 Å². The lowest BCUT2D eigenvalue weighted by atomic mass is 9.96. The Bertz CT molecular complexity index is 986. The van der Waals surface area contributed by atoms with E-state index in [2.05, 4.69) is 109 Å². The summed E-state index contributed by atoms with van der Waals surface area (Å²) in [6.45, 7) is 11.2. The maximum absolute atomic E-state index is 10.7. The molecule has 0 saturated carbocycles. The molecule has 0 spiro atoms. The average Bonchev–Trinajstić information content (AvgIpc) is 2.85. The Morgan fingerprint density at radius 2 is 1.36 bits per heavy atom. The number of hydrogen-bond acceptors (Lipinski definition) is 4. The van der Waals surface area contributed by atoms with Crippen LogP contribution in [0.15, 0.2) is 78.9 Å². The van der Waals surface area contributed by atoms with E-state index in [0.29, 0.717) is 19.1 Å². The number of halogens is 2. The van der Waals surface area contributed by atoms with Crippen LogP contribution in [0, 0.1) is 6.92 Å². The summed E-state index contributed by atoms with van der Waals surface area (Å²) in [7, 11) is 0. The van der Waals surface area contributed by atoms with Crippen LogP contribution in [0.4, 0.5) is 0 Å². The normalized spacial score (nSPS) is 15.3. The van der Waals surface area contributed by atoms with Crippen molar-refractivity contribution in [3.63, 3.8) is 0 Å². The third kappa shape index (κ3) is 7.96. The largest absolute Gasteiger partial charge is 0.491 e. The first-order valence-electron chi connectivity index (χ1n) is 12.5. The standard InChI is InChI=1S/C30H38N2O2.2ClH/c1-23(2)28-15-14-24(3)20-29(28)34-22-27(33)21-31-16-18-32(19-17-31)30(25-10-6-4-7-11-25)26-12-8-5-9-13-26;;/h4-15,20,23,27,30,33H,16-19,21-22H2,1-3H3;2*1H. The highest BCUT2D eigenvalue weighted by atomic mass is 35.5. The molecule has 0 amide bonds. The topological polar surface area (TPSA) is 35.9 Å². The van der Waals surface area contributed by atoms with Crippen LogP contribution in [-0.2, 0) is 0 Å². The molecule has 0 radical (unpaired) electrons. The van der Waals surface area contributed by atoms with E-state index in [4.69, 9.17) is 4.74 Å². The Hall–Kier alpha value is -2.08. The van der Waals surface area contributed by atoms with Crippen molar-refractivity contribution >= 4 is 24.8 Å². The van der Waals surface area contributed by atoms with E-state index in [1.807, 2.05) is 0 Å². The molecule has 1 aliphatic rings. The Morgan fingerprint density at radius 3 is 1.89 bits per heavy atom. The molecule has 0 aliphatic carbocycles. The van der Waals surface area contributed by atoms with Crippen LogP contribution >= 0.6 is 24.8 Å². The van der Waals surface area contributed by atoms with Crippen molar-refractivity contribution in [1.82, 2.24) is 9.80 Å². The SMILES string of the molecule is Cc1ccc(C(C)C)c(OCC(O)CN2CCN(C(c3ccccc3)c3ccccc3)CC2)c1.Cl.Cl. The molecule has 36 heavy (non-hydrogen) atoms. The van der Waals surface area contributed by atoms with Gasteiger partial charge in [-0.15, -0.1) is 24.8 Å². The summed E-state index contributed by atoms with van der Waals surface area (Å²) in [4.78, 5) is 4.92. The summed E-state index contributed by atoms with van der Waals surface area (Å²) < 4.78 is 6.07. The molecule has 1 fully saturated rings. The fourth-order valence-corrected chi connectivity index (χ4v) is 4.87. The second-order valence-electron chi connectivity index (χ2n) is 9.72.